The molecule has 2 aromatic carbocycles. The first-order chi connectivity index (χ1) is 12.2. The lowest BCUT2D eigenvalue weighted by Gasteiger charge is -2.12. The van der Waals surface area contributed by atoms with Gasteiger partial charge in [0.1, 0.15) is 5.69 Å². The van der Waals surface area contributed by atoms with Crippen molar-refractivity contribution in [1.82, 2.24) is 4.83 Å². The Morgan fingerprint density at radius 2 is 1.58 bits per heavy atom. The minimum absolute atomic E-state index is 0.0154. The van der Waals surface area contributed by atoms with Gasteiger partial charge in [0.15, 0.2) is 23.3 Å². The van der Waals surface area contributed by atoms with Crippen LogP contribution >= 0.6 is 0 Å². The summed E-state index contributed by atoms with van der Waals surface area (Å²) in [6, 6.07) is 4.38. The molecular formula is C15H12F4N2O4S. The van der Waals surface area contributed by atoms with Crippen molar-refractivity contribution in [2.24, 2.45) is 0 Å². The minimum Gasteiger partial charge on any atom is -0.462 e. The monoisotopic (exact) mass is 392 g/mol. The van der Waals surface area contributed by atoms with Gasteiger partial charge in [0.25, 0.3) is 10.0 Å². The van der Waals surface area contributed by atoms with Crippen LogP contribution in [0.3, 0.4) is 0 Å². The molecule has 2 N–H and O–H groups in total. The summed E-state index contributed by atoms with van der Waals surface area (Å²) < 4.78 is 82.1. The van der Waals surface area contributed by atoms with Gasteiger partial charge in [-0.2, -0.15) is 0 Å². The van der Waals surface area contributed by atoms with Gasteiger partial charge in [0.05, 0.1) is 17.1 Å². The first kappa shape index (κ1) is 19.7. The number of sulfonamides is 1. The Kier molecular flexibility index (Phi) is 5.83. The van der Waals surface area contributed by atoms with Crippen LogP contribution in [0.15, 0.2) is 35.2 Å². The van der Waals surface area contributed by atoms with Crippen LogP contribution in [0.1, 0.15) is 17.3 Å². The van der Waals surface area contributed by atoms with Crippen LogP contribution in [0.4, 0.5) is 23.2 Å². The topological polar surface area (TPSA) is 84.5 Å². The molecule has 0 aliphatic heterocycles. The van der Waals surface area contributed by atoms with Gasteiger partial charge in [0.2, 0.25) is 0 Å². The lowest BCUT2D eigenvalue weighted by Crippen LogP contribution is -2.31. The highest BCUT2D eigenvalue weighted by Crippen LogP contribution is 2.24. The average Bonchev–Trinajstić information content (AvgIpc) is 2.60. The van der Waals surface area contributed by atoms with Crippen LogP contribution in [-0.2, 0) is 14.8 Å². The zero-order valence-electron chi connectivity index (χ0n) is 13.1. The van der Waals surface area contributed by atoms with Gasteiger partial charge in [-0.1, -0.05) is 0 Å². The molecule has 0 aromatic heterocycles. The van der Waals surface area contributed by atoms with E-state index in [1.54, 1.807) is 17.2 Å². The van der Waals surface area contributed by atoms with Gasteiger partial charge >= 0.3 is 5.97 Å². The third-order valence-corrected chi connectivity index (χ3v) is 4.36. The maximum Gasteiger partial charge on any atom is 0.338 e. The summed E-state index contributed by atoms with van der Waals surface area (Å²) in [6.07, 6.45) is 0. The lowest BCUT2D eigenvalue weighted by molar-refractivity contribution is 0.0526. The van der Waals surface area contributed by atoms with Crippen LogP contribution in [0, 0.1) is 23.3 Å². The fourth-order valence-corrected chi connectivity index (χ4v) is 2.69. The summed E-state index contributed by atoms with van der Waals surface area (Å²) in [6.45, 7) is 1.73. The molecule has 26 heavy (non-hydrogen) atoms. The normalized spacial score (nSPS) is 11.3. The molecule has 11 heteroatoms. The Balaban J connectivity index is 2.21. The van der Waals surface area contributed by atoms with E-state index in [0.29, 0.717) is 0 Å². The van der Waals surface area contributed by atoms with Crippen molar-refractivity contribution < 1.29 is 35.5 Å². The molecule has 0 bridgehead atoms. The molecule has 0 saturated carbocycles. The second-order valence-electron chi connectivity index (χ2n) is 4.82. The number of nitrogens with one attached hydrogen (secondary N) is 2. The zero-order chi connectivity index (χ0) is 19.5. The number of carbonyl (C=O) groups is 1. The molecule has 0 radical (unpaired) electrons. The molecule has 0 heterocycles. The van der Waals surface area contributed by atoms with E-state index >= 15 is 0 Å². The van der Waals surface area contributed by atoms with Crippen LogP contribution < -0.4 is 10.3 Å². The second kappa shape index (κ2) is 7.70. The molecular weight excluding hydrogens is 380 g/mol. The first-order valence-electron chi connectivity index (χ1n) is 7.05. The van der Waals surface area contributed by atoms with Crippen molar-refractivity contribution in [1.29, 1.82) is 0 Å². The molecule has 0 saturated heterocycles. The maximum atomic E-state index is 13.5. The zero-order valence-corrected chi connectivity index (χ0v) is 14.0. The average molecular weight is 392 g/mol. The highest BCUT2D eigenvalue weighted by molar-refractivity contribution is 7.89. The van der Waals surface area contributed by atoms with Crippen molar-refractivity contribution in [3.05, 3.63) is 59.2 Å². The molecule has 0 fully saturated rings. The fraction of sp³-hybridized carbons (Fsp3) is 0.133. The van der Waals surface area contributed by atoms with Gasteiger partial charge < -0.3 is 10.2 Å². The van der Waals surface area contributed by atoms with Crippen molar-refractivity contribution in [2.75, 3.05) is 12.0 Å². The third kappa shape index (κ3) is 4.11. The van der Waals surface area contributed by atoms with E-state index in [0.717, 1.165) is 24.3 Å². The van der Waals surface area contributed by atoms with E-state index in [9.17, 15) is 30.8 Å². The first-order valence-corrected chi connectivity index (χ1v) is 8.53. The highest BCUT2D eigenvalue weighted by atomic mass is 32.2. The van der Waals surface area contributed by atoms with Gasteiger partial charge in [-0.3, -0.25) is 0 Å². The molecule has 140 valence electrons. The Morgan fingerprint density at radius 3 is 2.08 bits per heavy atom. The third-order valence-electron chi connectivity index (χ3n) is 3.10. The van der Waals surface area contributed by atoms with Gasteiger partial charge in [0, 0.05) is 6.07 Å². The summed E-state index contributed by atoms with van der Waals surface area (Å²) >= 11 is 0. The van der Waals surface area contributed by atoms with Crippen molar-refractivity contribution in [3.63, 3.8) is 0 Å². The number of hydrogen-bond acceptors (Lipinski definition) is 5. The van der Waals surface area contributed by atoms with Crippen LogP contribution in [0.25, 0.3) is 0 Å². The van der Waals surface area contributed by atoms with Crippen molar-refractivity contribution >= 4 is 21.7 Å². The Bertz CT molecular complexity index is 907. The smallest absolute Gasteiger partial charge is 0.338 e. The standard InChI is InChI=1S/C15H12F4N2O4S/c1-2-25-15(22)8-3-5-9(6-4-8)26(23,24)21-20-14-12(18)10(16)7-11(17)13(14)19/h3-7,20-21H,2H2,1H3. The largest absolute Gasteiger partial charge is 0.462 e. The number of halogens is 4. The number of carbonyl (C=O) groups excluding carboxylic acids is 1. The second-order valence-corrected chi connectivity index (χ2v) is 6.50. The number of ether oxygens (including phenoxy) is 1. The van der Waals surface area contributed by atoms with E-state index in [-0.39, 0.29) is 23.1 Å². The summed E-state index contributed by atoms with van der Waals surface area (Å²) in [5.74, 6) is -7.68. The molecule has 2 rings (SSSR count). The van der Waals surface area contributed by atoms with E-state index in [1.165, 1.54) is 0 Å². The quantitative estimate of drug-likeness (QED) is 0.342. The Labute approximate surface area is 145 Å². The molecule has 0 aliphatic carbocycles. The molecule has 0 atom stereocenters. The molecule has 0 spiro atoms. The number of rotatable bonds is 6. The number of esters is 1. The molecule has 0 unspecified atom stereocenters. The summed E-state index contributed by atoms with van der Waals surface area (Å²) in [7, 11) is -4.36. The summed E-state index contributed by atoms with van der Waals surface area (Å²) in [5, 5.41) is 0. The minimum atomic E-state index is -4.36. The van der Waals surface area contributed by atoms with Crippen LogP contribution in [0.2, 0.25) is 0 Å². The number of anilines is 1. The van der Waals surface area contributed by atoms with Crippen molar-refractivity contribution in [3.8, 4) is 0 Å². The maximum absolute atomic E-state index is 13.5. The van der Waals surface area contributed by atoms with Gasteiger partial charge in [-0.05, 0) is 31.2 Å². The summed E-state index contributed by atoms with van der Waals surface area (Å²) in [5.41, 5.74) is 0.347. The molecule has 0 amide bonds. The van der Waals surface area contributed by atoms with E-state index in [1.807, 2.05) is 0 Å². The van der Waals surface area contributed by atoms with Crippen molar-refractivity contribution in [2.45, 2.75) is 11.8 Å². The van der Waals surface area contributed by atoms with E-state index in [4.69, 9.17) is 4.74 Å². The number of hydrogen-bond donors (Lipinski definition) is 2. The predicted octanol–water partition coefficient (Wildman–Crippen LogP) is 2.73. The Morgan fingerprint density at radius 1 is 1.04 bits per heavy atom. The van der Waals surface area contributed by atoms with E-state index < -0.39 is 44.9 Å². The lowest BCUT2D eigenvalue weighted by atomic mass is 10.2. The molecule has 2 aromatic rings. The SMILES string of the molecule is CCOC(=O)c1ccc(S(=O)(=O)NNc2c(F)c(F)cc(F)c2F)cc1. The van der Waals surface area contributed by atoms with Crippen LogP contribution in [-0.4, -0.2) is 21.0 Å². The van der Waals surface area contributed by atoms with E-state index in [2.05, 4.69) is 0 Å². The predicted molar refractivity (Wildman–Crippen MR) is 82.6 cm³/mol. The van der Waals surface area contributed by atoms with Crippen LogP contribution in [0.5, 0.6) is 0 Å². The number of benzene rings is 2. The highest BCUT2D eigenvalue weighted by Gasteiger charge is 2.22. The molecule has 0 aliphatic rings. The number of hydrazine groups is 1. The van der Waals surface area contributed by atoms with Gasteiger partial charge in [-0.15, -0.1) is 4.83 Å². The fourth-order valence-electron chi connectivity index (χ4n) is 1.84. The Hall–Kier alpha value is -2.66. The summed E-state index contributed by atoms with van der Waals surface area (Å²) in [4.78, 5) is 12.7. The molecule has 6 nitrogen and oxygen atoms in total. The van der Waals surface area contributed by atoms with Gasteiger partial charge in [-0.25, -0.2) is 30.8 Å².